The highest BCUT2D eigenvalue weighted by molar-refractivity contribution is 9.10. The molecule has 0 amide bonds. The molecule has 0 spiro atoms. The first-order valence-corrected chi connectivity index (χ1v) is 4.58. The Bertz CT molecular complexity index is 352. The van der Waals surface area contributed by atoms with Crippen molar-refractivity contribution in [3.8, 4) is 0 Å². The van der Waals surface area contributed by atoms with Crippen molar-refractivity contribution in [1.82, 2.24) is 0 Å². The van der Waals surface area contributed by atoms with Crippen molar-refractivity contribution in [3.63, 3.8) is 0 Å². The minimum Gasteiger partial charge on any atom is -0.398 e. The molecule has 2 N–H and O–H groups in total. The molecule has 0 unspecified atom stereocenters. The van der Waals surface area contributed by atoms with E-state index >= 15 is 0 Å². The molecule has 0 bridgehead atoms. The predicted octanol–water partition coefficient (Wildman–Crippen LogP) is 2.50. The molecule has 0 radical (unpaired) electrons. The van der Waals surface area contributed by atoms with Gasteiger partial charge in [0.05, 0.1) is 9.40 Å². The van der Waals surface area contributed by atoms with Gasteiger partial charge in [0.15, 0.2) is 0 Å². The van der Waals surface area contributed by atoms with Crippen LogP contribution >= 0.6 is 15.9 Å². The predicted molar refractivity (Wildman–Crippen MR) is 54.6 cm³/mol. The summed E-state index contributed by atoms with van der Waals surface area (Å²) in [6, 6.07) is 2.96. The summed E-state index contributed by atoms with van der Waals surface area (Å²) in [7, 11) is 0. The topological polar surface area (TPSA) is 69.2 Å². The molecule has 0 heterocycles. The lowest BCUT2D eigenvalue weighted by molar-refractivity contribution is -0.385. The first-order valence-electron chi connectivity index (χ1n) is 3.79. The molecule has 0 saturated carbocycles. The standard InChI is InChI=1S/C8H9BrN2O2/c1-2-5-7(11(12)13)4-3-6(10)8(5)9/h3-4H,2,10H2,1H3. The molecular weight excluding hydrogens is 236 g/mol. The van der Waals surface area contributed by atoms with Crippen molar-refractivity contribution in [3.05, 3.63) is 32.3 Å². The smallest absolute Gasteiger partial charge is 0.273 e. The molecule has 0 aliphatic heterocycles. The van der Waals surface area contributed by atoms with Gasteiger partial charge in [0.25, 0.3) is 5.69 Å². The van der Waals surface area contributed by atoms with E-state index in [9.17, 15) is 10.1 Å². The Balaban J connectivity index is 3.38. The zero-order valence-corrected chi connectivity index (χ0v) is 8.67. The van der Waals surface area contributed by atoms with Crippen LogP contribution in [0.1, 0.15) is 12.5 Å². The molecular formula is C8H9BrN2O2. The lowest BCUT2D eigenvalue weighted by atomic mass is 10.1. The van der Waals surface area contributed by atoms with Crippen LogP contribution in [0.25, 0.3) is 0 Å². The van der Waals surface area contributed by atoms with Crippen LogP contribution in [0.15, 0.2) is 16.6 Å². The van der Waals surface area contributed by atoms with Crippen molar-refractivity contribution < 1.29 is 4.92 Å². The van der Waals surface area contributed by atoms with Crippen molar-refractivity contribution >= 4 is 27.3 Å². The van der Waals surface area contributed by atoms with Gasteiger partial charge in [-0.1, -0.05) is 6.92 Å². The largest absolute Gasteiger partial charge is 0.398 e. The van der Waals surface area contributed by atoms with E-state index in [-0.39, 0.29) is 5.69 Å². The zero-order valence-electron chi connectivity index (χ0n) is 7.08. The third-order valence-corrected chi connectivity index (χ3v) is 2.74. The van der Waals surface area contributed by atoms with Gasteiger partial charge in [0.1, 0.15) is 0 Å². The number of halogens is 1. The van der Waals surface area contributed by atoms with E-state index in [2.05, 4.69) is 15.9 Å². The molecule has 1 aromatic carbocycles. The van der Waals surface area contributed by atoms with E-state index in [1.807, 2.05) is 6.92 Å². The highest BCUT2D eigenvalue weighted by Gasteiger charge is 2.16. The van der Waals surface area contributed by atoms with Gasteiger partial charge in [0, 0.05) is 17.3 Å². The maximum absolute atomic E-state index is 10.6. The summed E-state index contributed by atoms with van der Waals surface area (Å²) in [5.74, 6) is 0. The number of anilines is 1. The molecule has 5 heteroatoms. The number of rotatable bonds is 2. The first kappa shape index (κ1) is 9.98. The Labute approximate surface area is 84.0 Å². The van der Waals surface area contributed by atoms with Crippen molar-refractivity contribution in [2.75, 3.05) is 5.73 Å². The summed E-state index contributed by atoms with van der Waals surface area (Å²) in [6.07, 6.45) is 0.585. The van der Waals surface area contributed by atoms with Crippen LogP contribution in [0.5, 0.6) is 0 Å². The molecule has 0 aliphatic carbocycles. The third kappa shape index (κ3) is 1.80. The van der Waals surface area contributed by atoms with Crippen LogP contribution in [-0.4, -0.2) is 4.92 Å². The third-order valence-electron chi connectivity index (χ3n) is 1.80. The number of nitrogens with zero attached hydrogens (tertiary/aromatic N) is 1. The molecule has 4 nitrogen and oxygen atoms in total. The molecule has 0 atom stereocenters. The number of nitrogen functional groups attached to an aromatic ring is 1. The monoisotopic (exact) mass is 244 g/mol. The fourth-order valence-corrected chi connectivity index (χ4v) is 1.75. The van der Waals surface area contributed by atoms with Crippen LogP contribution in [-0.2, 0) is 6.42 Å². The van der Waals surface area contributed by atoms with Gasteiger partial charge in [-0.3, -0.25) is 10.1 Å². The number of benzene rings is 1. The van der Waals surface area contributed by atoms with E-state index < -0.39 is 4.92 Å². The molecule has 0 aliphatic rings. The minimum atomic E-state index is -0.400. The fourth-order valence-electron chi connectivity index (χ4n) is 1.14. The quantitative estimate of drug-likeness (QED) is 0.494. The van der Waals surface area contributed by atoms with Crippen molar-refractivity contribution in [2.24, 2.45) is 0 Å². The number of hydrogen-bond acceptors (Lipinski definition) is 3. The van der Waals surface area contributed by atoms with Crippen LogP contribution in [0.3, 0.4) is 0 Å². The Hall–Kier alpha value is -1.10. The van der Waals surface area contributed by atoms with Crippen molar-refractivity contribution in [2.45, 2.75) is 13.3 Å². The molecule has 0 saturated heterocycles. The van der Waals surface area contributed by atoms with Crippen LogP contribution in [0, 0.1) is 10.1 Å². The second-order valence-corrected chi connectivity index (χ2v) is 3.37. The summed E-state index contributed by atoms with van der Waals surface area (Å²) in [5.41, 5.74) is 6.88. The number of nitro benzene ring substituents is 1. The molecule has 0 fully saturated rings. The number of nitro groups is 1. The van der Waals surface area contributed by atoms with E-state index in [4.69, 9.17) is 5.73 Å². The molecule has 1 rings (SSSR count). The Kier molecular flexibility index (Phi) is 2.87. The van der Waals surface area contributed by atoms with Gasteiger partial charge < -0.3 is 5.73 Å². The highest BCUT2D eigenvalue weighted by Crippen LogP contribution is 2.31. The maximum atomic E-state index is 10.6. The van der Waals surface area contributed by atoms with Crippen LogP contribution in [0.2, 0.25) is 0 Å². The van der Waals surface area contributed by atoms with E-state index in [0.29, 0.717) is 22.1 Å². The van der Waals surface area contributed by atoms with Gasteiger partial charge >= 0.3 is 0 Å². The van der Waals surface area contributed by atoms with E-state index in [0.717, 1.165) is 0 Å². The second kappa shape index (κ2) is 3.74. The van der Waals surface area contributed by atoms with Gasteiger partial charge in [-0.05, 0) is 28.4 Å². The lowest BCUT2D eigenvalue weighted by Gasteiger charge is -2.04. The summed E-state index contributed by atoms with van der Waals surface area (Å²) in [6.45, 7) is 1.85. The Morgan fingerprint density at radius 3 is 2.69 bits per heavy atom. The second-order valence-electron chi connectivity index (χ2n) is 2.58. The molecule has 0 aromatic heterocycles. The fraction of sp³-hybridized carbons (Fsp3) is 0.250. The average Bonchev–Trinajstić information content (AvgIpc) is 2.09. The van der Waals surface area contributed by atoms with E-state index in [1.54, 1.807) is 0 Å². The molecule has 1 aromatic rings. The number of nitrogens with two attached hydrogens (primary N) is 1. The normalized spacial score (nSPS) is 10.0. The molecule has 70 valence electrons. The lowest BCUT2D eigenvalue weighted by Crippen LogP contribution is -1.98. The Morgan fingerprint density at radius 1 is 1.62 bits per heavy atom. The molecule has 13 heavy (non-hydrogen) atoms. The maximum Gasteiger partial charge on any atom is 0.273 e. The van der Waals surface area contributed by atoms with Crippen molar-refractivity contribution in [1.29, 1.82) is 0 Å². The highest BCUT2D eigenvalue weighted by atomic mass is 79.9. The minimum absolute atomic E-state index is 0.114. The summed E-state index contributed by atoms with van der Waals surface area (Å²) < 4.78 is 0.629. The van der Waals surface area contributed by atoms with Crippen LogP contribution in [0.4, 0.5) is 11.4 Å². The Morgan fingerprint density at radius 2 is 2.23 bits per heavy atom. The van der Waals surface area contributed by atoms with Crippen LogP contribution < -0.4 is 5.73 Å². The van der Waals surface area contributed by atoms with E-state index in [1.165, 1.54) is 12.1 Å². The SMILES string of the molecule is CCc1c([N+](=O)[O-])ccc(N)c1Br. The summed E-state index contributed by atoms with van der Waals surface area (Å²) in [4.78, 5) is 10.2. The average molecular weight is 245 g/mol. The number of hydrogen-bond donors (Lipinski definition) is 1. The van der Waals surface area contributed by atoms with Gasteiger partial charge in [-0.2, -0.15) is 0 Å². The summed E-state index contributed by atoms with van der Waals surface area (Å²) in [5, 5.41) is 10.6. The van der Waals surface area contributed by atoms with Gasteiger partial charge in [-0.15, -0.1) is 0 Å². The van der Waals surface area contributed by atoms with Gasteiger partial charge in [-0.25, -0.2) is 0 Å². The first-order chi connectivity index (χ1) is 6.07. The summed E-state index contributed by atoms with van der Waals surface area (Å²) >= 11 is 3.23. The van der Waals surface area contributed by atoms with Gasteiger partial charge in [0.2, 0.25) is 0 Å². The zero-order chi connectivity index (χ0) is 10.0.